The Morgan fingerprint density at radius 2 is 2.04 bits per heavy atom. The second kappa shape index (κ2) is 5.94. The molecule has 0 atom stereocenters. The molecular formula is C15H8ClNO5S. The summed E-state index contributed by atoms with van der Waals surface area (Å²) >= 11 is 6.72. The van der Waals surface area contributed by atoms with Gasteiger partial charge in [0.05, 0.1) is 15.5 Å². The largest absolute Gasteiger partial charge is 0.478 e. The molecule has 2 heterocycles. The molecule has 116 valence electrons. The number of aromatic carboxylic acids is 1. The van der Waals surface area contributed by atoms with Crippen molar-refractivity contribution in [3.8, 4) is 11.3 Å². The quantitative estimate of drug-likeness (QED) is 0.821. The Balaban J connectivity index is 1.89. The lowest BCUT2D eigenvalue weighted by Crippen LogP contribution is -2.17. The summed E-state index contributed by atoms with van der Waals surface area (Å²) in [6.07, 6.45) is 1.46. The monoisotopic (exact) mass is 349 g/mol. The number of furan rings is 1. The SMILES string of the molecule is O=C1NC(=O)/C(=C/c2ccc(-c3ccc(C(=O)O)c(Cl)c3)o2)S1. The molecule has 3 rings (SSSR count). The second-order valence-corrected chi connectivity index (χ2v) is 5.98. The number of nitrogens with one attached hydrogen (secondary N) is 1. The molecule has 1 saturated heterocycles. The van der Waals surface area contributed by atoms with Crippen LogP contribution < -0.4 is 5.32 Å². The molecule has 1 fully saturated rings. The summed E-state index contributed by atoms with van der Waals surface area (Å²) in [7, 11) is 0. The van der Waals surface area contributed by atoms with E-state index in [9.17, 15) is 14.4 Å². The fourth-order valence-corrected chi connectivity index (χ4v) is 2.90. The van der Waals surface area contributed by atoms with Crippen LogP contribution in [0.2, 0.25) is 5.02 Å². The number of halogens is 1. The molecule has 2 aromatic rings. The first-order valence-electron chi connectivity index (χ1n) is 6.32. The lowest BCUT2D eigenvalue weighted by Gasteiger charge is -2.01. The Hall–Kier alpha value is -2.51. The van der Waals surface area contributed by atoms with Gasteiger partial charge in [0.1, 0.15) is 11.5 Å². The Morgan fingerprint density at radius 3 is 2.65 bits per heavy atom. The van der Waals surface area contributed by atoms with E-state index >= 15 is 0 Å². The third kappa shape index (κ3) is 3.15. The maximum Gasteiger partial charge on any atom is 0.337 e. The van der Waals surface area contributed by atoms with Crippen LogP contribution in [0.25, 0.3) is 17.4 Å². The molecule has 0 saturated carbocycles. The van der Waals surface area contributed by atoms with Crippen LogP contribution >= 0.6 is 23.4 Å². The fourth-order valence-electron chi connectivity index (χ4n) is 1.98. The number of imide groups is 1. The molecule has 0 unspecified atom stereocenters. The van der Waals surface area contributed by atoms with Crippen molar-refractivity contribution in [2.24, 2.45) is 0 Å². The third-order valence-electron chi connectivity index (χ3n) is 3.03. The van der Waals surface area contributed by atoms with Crippen molar-refractivity contribution < 1.29 is 23.9 Å². The normalized spacial score (nSPS) is 16.0. The van der Waals surface area contributed by atoms with Gasteiger partial charge in [0.25, 0.3) is 11.1 Å². The Morgan fingerprint density at radius 1 is 1.26 bits per heavy atom. The predicted octanol–water partition coefficient (Wildman–Crippen LogP) is 3.62. The van der Waals surface area contributed by atoms with Crippen molar-refractivity contribution in [3.05, 3.63) is 51.6 Å². The van der Waals surface area contributed by atoms with Crippen LogP contribution in [-0.4, -0.2) is 22.2 Å². The molecule has 0 aliphatic carbocycles. The number of carbonyl (C=O) groups excluding carboxylic acids is 2. The first-order valence-corrected chi connectivity index (χ1v) is 7.51. The van der Waals surface area contributed by atoms with Crippen molar-refractivity contribution in [3.63, 3.8) is 0 Å². The van der Waals surface area contributed by atoms with Gasteiger partial charge in [-0.2, -0.15) is 0 Å². The highest BCUT2D eigenvalue weighted by Gasteiger charge is 2.25. The molecule has 2 amide bonds. The highest BCUT2D eigenvalue weighted by Crippen LogP contribution is 2.30. The van der Waals surface area contributed by atoms with Crippen LogP contribution in [0.5, 0.6) is 0 Å². The topological polar surface area (TPSA) is 96.6 Å². The number of hydrogen-bond donors (Lipinski definition) is 2. The molecule has 1 aromatic carbocycles. The van der Waals surface area contributed by atoms with E-state index in [1.165, 1.54) is 18.2 Å². The van der Waals surface area contributed by atoms with Crippen molar-refractivity contribution >= 4 is 46.6 Å². The summed E-state index contributed by atoms with van der Waals surface area (Å²) in [5.41, 5.74) is 0.603. The minimum absolute atomic E-state index is 0.00172. The van der Waals surface area contributed by atoms with E-state index in [0.717, 1.165) is 11.8 Å². The molecular weight excluding hydrogens is 342 g/mol. The molecule has 1 aliphatic rings. The van der Waals surface area contributed by atoms with Crippen LogP contribution in [0.15, 0.2) is 39.7 Å². The highest BCUT2D eigenvalue weighted by atomic mass is 35.5. The number of amides is 2. The van der Waals surface area contributed by atoms with Crippen molar-refractivity contribution in [2.75, 3.05) is 0 Å². The van der Waals surface area contributed by atoms with E-state index in [0.29, 0.717) is 17.1 Å². The minimum atomic E-state index is -1.11. The number of rotatable bonds is 3. The lowest BCUT2D eigenvalue weighted by molar-refractivity contribution is -0.115. The van der Waals surface area contributed by atoms with Crippen LogP contribution in [0, 0.1) is 0 Å². The van der Waals surface area contributed by atoms with Gasteiger partial charge in [-0.1, -0.05) is 17.7 Å². The number of carboxylic acids is 1. The molecule has 0 bridgehead atoms. The van der Waals surface area contributed by atoms with Gasteiger partial charge >= 0.3 is 5.97 Å². The number of carboxylic acid groups (broad SMARTS) is 1. The predicted molar refractivity (Wildman–Crippen MR) is 85.2 cm³/mol. The molecule has 8 heteroatoms. The third-order valence-corrected chi connectivity index (χ3v) is 4.15. The van der Waals surface area contributed by atoms with E-state index in [1.54, 1.807) is 18.2 Å². The summed E-state index contributed by atoms with van der Waals surface area (Å²) in [5.74, 6) is -0.719. The van der Waals surface area contributed by atoms with E-state index in [4.69, 9.17) is 21.1 Å². The molecule has 1 aromatic heterocycles. The average Bonchev–Trinajstić information content (AvgIpc) is 3.06. The van der Waals surface area contributed by atoms with Gasteiger partial charge in [0.15, 0.2) is 0 Å². The zero-order valence-electron chi connectivity index (χ0n) is 11.3. The second-order valence-electron chi connectivity index (χ2n) is 4.55. The fraction of sp³-hybridized carbons (Fsp3) is 0. The smallest absolute Gasteiger partial charge is 0.337 e. The molecule has 2 N–H and O–H groups in total. The molecule has 0 spiro atoms. The Kier molecular flexibility index (Phi) is 3.97. The van der Waals surface area contributed by atoms with Gasteiger partial charge in [0, 0.05) is 11.6 Å². The van der Waals surface area contributed by atoms with Crippen LogP contribution in [0.1, 0.15) is 16.1 Å². The van der Waals surface area contributed by atoms with Crippen LogP contribution in [-0.2, 0) is 4.79 Å². The maximum atomic E-state index is 11.5. The van der Waals surface area contributed by atoms with Crippen LogP contribution in [0.4, 0.5) is 4.79 Å². The number of benzene rings is 1. The standard InChI is InChI=1S/C15H8ClNO5S/c16-10-5-7(1-3-9(10)14(19)20)11-4-2-8(22-11)6-12-13(18)17-15(21)23-12/h1-6H,(H,19,20)(H,17,18,21)/b12-6-. The summed E-state index contributed by atoms with van der Waals surface area (Å²) < 4.78 is 5.58. The van der Waals surface area contributed by atoms with E-state index < -0.39 is 17.1 Å². The molecule has 0 radical (unpaired) electrons. The summed E-state index contributed by atoms with van der Waals surface area (Å²) in [4.78, 5) is 33.8. The first kappa shape index (κ1) is 15.4. The maximum absolute atomic E-state index is 11.5. The van der Waals surface area contributed by atoms with Gasteiger partial charge in [-0.25, -0.2) is 4.79 Å². The molecule has 6 nitrogen and oxygen atoms in total. The molecule has 1 aliphatic heterocycles. The minimum Gasteiger partial charge on any atom is -0.478 e. The highest BCUT2D eigenvalue weighted by molar-refractivity contribution is 8.18. The van der Waals surface area contributed by atoms with Gasteiger partial charge in [0.2, 0.25) is 0 Å². The summed E-state index contributed by atoms with van der Waals surface area (Å²) in [5, 5.41) is 10.8. The Bertz CT molecular complexity index is 871. The number of carbonyl (C=O) groups is 3. The lowest BCUT2D eigenvalue weighted by atomic mass is 10.1. The number of hydrogen-bond acceptors (Lipinski definition) is 5. The Labute approximate surface area is 139 Å². The zero-order chi connectivity index (χ0) is 16.6. The number of thioether (sulfide) groups is 1. The van der Waals surface area contributed by atoms with Gasteiger partial charge in [-0.15, -0.1) is 0 Å². The zero-order valence-corrected chi connectivity index (χ0v) is 12.9. The van der Waals surface area contributed by atoms with Crippen molar-refractivity contribution in [1.82, 2.24) is 5.32 Å². The van der Waals surface area contributed by atoms with E-state index in [2.05, 4.69) is 5.32 Å². The average molecular weight is 350 g/mol. The van der Waals surface area contributed by atoms with Gasteiger partial charge < -0.3 is 9.52 Å². The van der Waals surface area contributed by atoms with Crippen LogP contribution in [0.3, 0.4) is 0 Å². The van der Waals surface area contributed by atoms with Gasteiger partial charge in [-0.3, -0.25) is 14.9 Å². The summed E-state index contributed by atoms with van der Waals surface area (Å²) in [6, 6.07) is 7.75. The molecule has 23 heavy (non-hydrogen) atoms. The van der Waals surface area contributed by atoms with Crippen molar-refractivity contribution in [2.45, 2.75) is 0 Å². The summed E-state index contributed by atoms with van der Waals surface area (Å²) in [6.45, 7) is 0. The first-order chi connectivity index (χ1) is 10.9. The van der Waals surface area contributed by atoms with Gasteiger partial charge in [-0.05, 0) is 36.0 Å². The van der Waals surface area contributed by atoms with E-state index in [1.807, 2.05) is 0 Å². The van der Waals surface area contributed by atoms with Crippen molar-refractivity contribution in [1.29, 1.82) is 0 Å². The van der Waals surface area contributed by atoms with E-state index in [-0.39, 0.29) is 15.5 Å².